The van der Waals surface area contributed by atoms with Gasteiger partial charge in [-0.3, -0.25) is 9.69 Å². The highest BCUT2D eigenvalue weighted by atomic mass is 19.1. The number of rotatable bonds is 6. The lowest BCUT2D eigenvalue weighted by atomic mass is 10.1. The van der Waals surface area contributed by atoms with Gasteiger partial charge in [-0.2, -0.15) is 0 Å². The Kier molecular flexibility index (Phi) is 6.27. The van der Waals surface area contributed by atoms with Crippen molar-refractivity contribution in [2.45, 2.75) is 6.04 Å². The highest BCUT2D eigenvalue weighted by Gasteiger charge is 2.28. The average Bonchev–Trinajstić information content (AvgIpc) is 3.29. The van der Waals surface area contributed by atoms with E-state index in [0.717, 1.165) is 17.8 Å². The minimum Gasteiger partial charge on any atom is -0.468 e. The van der Waals surface area contributed by atoms with Crippen LogP contribution in [0.25, 0.3) is 0 Å². The minimum absolute atomic E-state index is 0.136. The number of nitrogens with zero attached hydrogens (tertiary/aromatic N) is 2. The second kappa shape index (κ2) is 9.26. The van der Waals surface area contributed by atoms with Crippen molar-refractivity contribution in [1.29, 1.82) is 0 Å². The molecule has 1 aromatic heterocycles. The van der Waals surface area contributed by atoms with E-state index in [1.807, 2.05) is 6.07 Å². The first-order valence-electron chi connectivity index (χ1n) is 10.0. The summed E-state index contributed by atoms with van der Waals surface area (Å²) in [5.41, 5.74) is 0.348. The third-order valence-electron chi connectivity index (χ3n) is 5.46. The first kappa shape index (κ1) is 21.0. The van der Waals surface area contributed by atoms with Crippen LogP contribution in [0.1, 0.15) is 22.2 Å². The second-order valence-corrected chi connectivity index (χ2v) is 7.34. The number of piperazine rings is 1. The number of carbonyl (C=O) groups is 1. The van der Waals surface area contributed by atoms with Crippen LogP contribution < -0.4 is 10.2 Å². The molecule has 1 aliphatic rings. The van der Waals surface area contributed by atoms with E-state index >= 15 is 0 Å². The van der Waals surface area contributed by atoms with Crippen molar-refractivity contribution < 1.29 is 22.4 Å². The highest BCUT2D eigenvalue weighted by Crippen LogP contribution is 2.25. The van der Waals surface area contributed by atoms with Gasteiger partial charge in [0.2, 0.25) is 0 Å². The van der Waals surface area contributed by atoms with Gasteiger partial charge in [0.25, 0.3) is 5.91 Å². The second-order valence-electron chi connectivity index (χ2n) is 7.34. The Bertz CT molecular complexity index is 997. The molecule has 2 aromatic carbocycles. The van der Waals surface area contributed by atoms with E-state index in [9.17, 15) is 18.0 Å². The van der Waals surface area contributed by atoms with Gasteiger partial charge < -0.3 is 14.6 Å². The van der Waals surface area contributed by atoms with Gasteiger partial charge in [-0.1, -0.05) is 6.07 Å². The third kappa shape index (κ3) is 4.74. The Labute approximate surface area is 178 Å². The number of amides is 1. The summed E-state index contributed by atoms with van der Waals surface area (Å²) >= 11 is 0. The Morgan fingerprint density at radius 1 is 0.935 bits per heavy atom. The van der Waals surface area contributed by atoms with Gasteiger partial charge in [-0.25, -0.2) is 13.2 Å². The molecule has 31 heavy (non-hydrogen) atoms. The van der Waals surface area contributed by atoms with Crippen molar-refractivity contribution in [3.63, 3.8) is 0 Å². The SMILES string of the molecule is O=C(NCC(c1ccco1)N1CCN(c2ccc(F)cc2)CC1)c1c(F)cccc1F. The van der Waals surface area contributed by atoms with E-state index in [-0.39, 0.29) is 18.4 Å². The smallest absolute Gasteiger partial charge is 0.257 e. The molecule has 0 bridgehead atoms. The van der Waals surface area contributed by atoms with E-state index in [2.05, 4.69) is 15.1 Å². The number of nitrogens with one attached hydrogen (secondary N) is 1. The zero-order valence-corrected chi connectivity index (χ0v) is 16.7. The van der Waals surface area contributed by atoms with E-state index in [0.29, 0.717) is 31.9 Å². The molecular formula is C23H22F3N3O2. The van der Waals surface area contributed by atoms with Crippen molar-refractivity contribution in [2.75, 3.05) is 37.6 Å². The molecular weight excluding hydrogens is 407 g/mol. The number of benzene rings is 2. The molecule has 1 N–H and O–H groups in total. The summed E-state index contributed by atoms with van der Waals surface area (Å²) in [4.78, 5) is 16.7. The fourth-order valence-electron chi connectivity index (χ4n) is 3.83. The molecule has 162 valence electrons. The molecule has 1 aliphatic heterocycles. The predicted molar refractivity (Wildman–Crippen MR) is 110 cm³/mol. The maximum atomic E-state index is 13.9. The molecule has 1 atom stereocenters. The van der Waals surface area contributed by atoms with Crippen LogP contribution in [0.5, 0.6) is 0 Å². The van der Waals surface area contributed by atoms with Crippen LogP contribution in [0.3, 0.4) is 0 Å². The average molecular weight is 429 g/mol. The molecule has 5 nitrogen and oxygen atoms in total. The van der Waals surface area contributed by atoms with Crippen LogP contribution in [0.15, 0.2) is 65.3 Å². The van der Waals surface area contributed by atoms with Crippen LogP contribution in [0.4, 0.5) is 18.9 Å². The number of anilines is 1. The predicted octanol–water partition coefficient (Wildman–Crippen LogP) is 3.99. The van der Waals surface area contributed by atoms with Gasteiger partial charge in [0.05, 0.1) is 12.3 Å². The molecule has 1 unspecified atom stereocenters. The number of furan rings is 1. The summed E-state index contributed by atoms with van der Waals surface area (Å²) in [6.07, 6.45) is 1.55. The van der Waals surface area contributed by atoms with Crippen molar-refractivity contribution >= 4 is 11.6 Å². The zero-order chi connectivity index (χ0) is 21.8. The minimum atomic E-state index is -0.903. The van der Waals surface area contributed by atoms with Crippen molar-refractivity contribution in [2.24, 2.45) is 0 Å². The van der Waals surface area contributed by atoms with E-state index in [4.69, 9.17) is 4.42 Å². The summed E-state index contributed by atoms with van der Waals surface area (Å²) in [5, 5.41) is 2.64. The van der Waals surface area contributed by atoms with Gasteiger partial charge in [-0.05, 0) is 48.5 Å². The fraction of sp³-hybridized carbons (Fsp3) is 0.261. The summed E-state index contributed by atoms with van der Waals surface area (Å²) in [6, 6.07) is 13.0. The number of hydrogen-bond donors (Lipinski definition) is 1. The highest BCUT2D eigenvalue weighted by molar-refractivity contribution is 5.94. The zero-order valence-electron chi connectivity index (χ0n) is 16.7. The normalized spacial score (nSPS) is 15.6. The van der Waals surface area contributed by atoms with E-state index in [1.165, 1.54) is 18.2 Å². The Balaban J connectivity index is 1.43. The van der Waals surface area contributed by atoms with E-state index in [1.54, 1.807) is 24.5 Å². The molecule has 4 rings (SSSR count). The van der Waals surface area contributed by atoms with Crippen LogP contribution in [0, 0.1) is 17.5 Å². The number of carbonyl (C=O) groups excluding carboxylic acids is 1. The Morgan fingerprint density at radius 3 is 2.23 bits per heavy atom. The van der Waals surface area contributed by atoms with Gasteiger partial charge in [0.1, 0.15) is 28.8 Å². The van der Waals surface area contributed by atoms with Crippen LogP contribution in [0.2, 0.25) is 0 Å². The van der Waals surface area contributed by atoms with Gasteiger partial charge >= 0.3 is 0 Å². The molecule has 1 fully saturated rings. The molecule has 0 radical (unpaired) electrons. The Morgan fingerprint density at radius 2 is 1.61 bits per heavy atom. The number of hydrogen-bond acceptors (Lipinski definition) is 4. The molecule has 1 saturated heterocycles. The maximum absolute atomic E-state index is 13.9. The summed E-state index contributed by atoms with van der Waals surface area (Å²) in [6.45, 7) is 2.90. The molecule has 3 aromatic rings. The van der Waals surface area contributed by atoms with Gasteiger partial charge in [-0.15, -0.1) is 0 Å². The molecule has 0 saturated carbocycles. The molecule has 0 spiro atoms. The topological polar surface area (TPSA) is 48.7 Å². The van der Waals surface area contributed by atoms with Gasteiger partial charge in [0, 0.05) is 38.4 Å². The Hall–Kier alpha value is -3.26. The van der Waals surface area contributed by atoms with Gasteiger partial charge in [0.15, 0.2) is 0 Å². The lowest BCUT2D eigenvalue weighted by Gasteiger charge is -2.39. The maximum Gasteiger partial charge on any atom is 0.257 e. The van der Waals surface area contributed by atoms with Crippen molar-refractivity contribution in [3.05, 3.63) is 89.6 Å². The summed E-state index contributed by atoms with van der Waals surface area (Å²) in [7, 11) is 0. The molecule has 0 aliphatic carbocycles. The standard InChI is InChI=1S/C23H22F3N3O2/c24-16-6-8-17(9-7-16)28-10-12-29(13-11-28)20(21-5-2-14-31-21)15-27-23(30)22-18(25)3-1-4-19(22)26/h1-9,14,20H,10-13,15H2,(H,27,30). The quantitative estimate of drug-likeness (QED) is 0.644. The third-order valence-corrected chi connectivity index (χ3v) is 5.46. The van der Waals surface area contributed by atoms with E-state index < -0.39 is 23.1 Å². The molecule has 2 heterocycles. The van der Waals surface area contributed by atoms with Crippen LogP contribution >= 0.6 is 0 Å². The fourth-order valence-corrected chi connectivity index (χ4v) is 3.83. The van der Waals surface area contributed by atoms with Crippen LogP contribution in [-0.4, -0.2) is 43.5 Å². The lowest BCUT2D eigenvalue weighted by Crippen LogP contribution is -2.50. The van der Waals surface area contributed by atoms with Crippen LogP contribution in [-0.2, 0) is 0 Å². The summed E-state index contributed by atoms with van der Waals surface area (Å²) in [5.74, 6) is -2.23. The first-order chi connectivity index (χ1) is 15.0. The van der Waals surface area contributed by atoms with Crippen molar-refractivity contribution in [1.82, 2.24) is 10.2 Å². The largest absolute Gasteiger partial charge is 0.468 e. The first-order valence-corrected chi connectivity index (χ1v) is 10.0. The molecule has 8 heteroatoms. The number of halogens is 3. The molecule has 1 amide bonds. The lowest BCUT2D eigenvalue weighted by molar-refractivity contribution is 0.0914. The summed E-state index contributed by atoms with van der Waals surface area (Å²) < 4.78 is 46.6. The van der Waals surface area contributed by atoms with Crippen molar-refractivity contribution in [3.8, 4) is 0 Å². The monoisotopic (exact) mass is 429 g/mol.